The summed E-state index contributed by atoms with van der Waals surface area (Å²) in [6.07, 6.45) is 4.33. The van der Waals surface area contributed by atoms with E-state index in [1.165, 1.54) is 5.56 Å². The Morgan fingerprint density at radius 1 is 0.500 bits per heavy atom. The van der Waals surface area contributed by atoms with Crippen molar-refractivity contribution in [1.29, 1.82) is 0 Å². The molecule has 2 aliphatic rings. The Hall–Kier alpha value is -5.09. The summed E-state index contributed by atoms with van der Waals surface area (Å²) in [5, 5.41) is 8.43. The van der Waals surface area contributed by atoms with Gasteiger partial charge in [-0.15, -0.1) is 0 Å². The number of hydrogen-bond donors (Lipinski definition) is 1. The summed E-state index contributed by atoms with van der Waals surface area (Å²) in [7, 11) is 0. The number of benzene rings is 5. The average Bonchev–Trinajstić information content (AvgIpc) is 3.57. The van der Waals surface area contributed by atoms with Gasteiger partial charge in [-0.25, -0.2) is 0 Å². The maximum atomic E-state index is 12.5. The van der Waals surface area contributed by atoms with E-state index < -0.39 is 0 Å². The van der Waals surface area contributed by atoms with Crippen molar-refractivity contribution in [3.63, 3.8) is 0 Å². The smallest absolute Gasteiger partial charge is 0.194 e. The number of aromatic nitrogens is 2. The van der Waals surface area contributed by atoms with Gasteiger partial charge >= 0.3 is 0 Å². The van der Waals surface area contributed by atoms with Gasteiger partial charge in [0.15, 0.2) is 11.6 Å². The molecule has 5 aromatic carbocycles. The maximum Gasteiger partial charge on any atom is 0.194 e. The second kappa shape index (κ2) is 10.1. The summed E-state index contributed by atoms with van der Waals surface area (Å²) in [6.45, 7) is 0. The lowest BCUT2D eigenvalue weighted by Crippen LogP contribution is -2.14. The highest BCUT2D eigenvalue weighted by atomic mass is 16.1. The number of fused-ring (bicyclic) bond motifs is 4. The van der Waals surface area contributed by atoms with E-state index >= 15 is 0 Å². The second-order valence-corrected chi connectivity index (χ2v) is 9.17. The summed E-state index contributed by atoms with van der Waals surface area (Å²) in [6, 6.07) is 37.5. The fraction of sp³-hybridized carbons (Fsp3) is 0.0294. The molecule has 182 valence electrons. The summed E-state index contributed by atoms with van der Waals surface area (Å²) < 4.78 is 0. The predicted molar refractivity (Wildman–Crippen MR) is 151 cm³/mol. The molecule has 1 heterocycles. The van der Waals surface area contributed by atoms with Crippen molar-refractivity contribution >= 4 is 22.3 Å². The summed E-state index contributed by atoms with van der Waals surface area (Å²) in [5.74, 6) is 0.294. The zero-order valence-corrected chi connectivity index (χ0v) is 20.6. The topological polar surface area (TPSA) is 62.8 Å². The molecule has 1 N–H and O–H groups in total. The van der Waals surface area contributed by atoms with Crippen LogP contribution in [0.2, 0.25) is 0 Å². The van der Waals surface area contributed by atoms with E-state index in [0.717, 1.165) is 56.1 Å². The Kier molecular flexibility index (Phi) is 6.20. The van der Waals surface area contributed by atoms with Gasteiger partial charge < -0.3 is 0 Å². The van der Waals surface area contributed by atoms with Crippen molar-refractivity contribution in [2.45, 2.75) is 6.42 Å². The highest BCUT2D eigenvalue weighted by Gasteiger charge is 2.24. The molecule has 8 rings (SSSR count). The molecule has 0 radical (unpaired) electrons. The monoisotopic (exact) mass is 492 g/mol. The number of rotatable bonds is 0. The van der Waals surface area contributed by atoms with Crippen LogP contribution in [0.15, 0.2) is 128 Å². The van der Waals surface area contributed by atoms with Gasteiger partial charge in [0.25, 0.3) is 0 Å². The van der Waals surface area contributed by atoms with Gasteiger partial charge in [0.2, 0.25) is 0 Å². The molecule has 0 amide bonds. The van der Waals surface area contributed by atoms with Crippen LogP contribution in [0.4, 0.5) is 0 Å². The molecule has 0 aliphatic heterocycles. The maximum absolute atomic E-state index is 12.5. The van der Waals surface area contributed by atoms with Crippen molar-refractivity contribution in [1.82, 2.24) is 10.2 Å². The SMILES string of the molecule is O=C1c2ccccc2-c2cccc3cccc1c23.O=C1c2ccccc2Cc2ccccc21.c1cn[nH]c1. The molecule has 38 heavy (non-hydrogen) atoms. The number of ketones is 2. The standard InChI is InChI=1S/C17H10O.C14H10O.C3H4N2/c18-17-14-8-2-1-7-12(14)13-9-3-5-11-6-4-10-15(17)16(11)13;15-14-12-7-3-1-5-10(12)9-11-6-2-4-8-13(11)14;1-2-4-5-3-1/h1-10H;1-8H,9H2;1-3H,(H,4,5). The van der Waals surface area contributed by atoms with E-state index in [9.17, 15) is 9.59 Å². The van der Waals surface area contributed by atoms with E-state index in [1.807, 2.05) is 97.1 Å². The van der Waals surface area contributed by atoms with Crippen LogP contribution in [0.3, 0.4) is 0 Å². The first-order valence-corrected chi connectivity index (χ1v) is 12.5. The first-order chi connectivity index (χ1) is 18.7. The van der Waals surface area contributed by atoms with Crippen LogP contribution >= 0.6 is 0 Å². The van der Waals surface area contributed by atoms with Crippen molar-refractivity contribution in [2.75, 3.05) is 0 Å². The molecule has 0 fully saturated rings. The van der Waals surface area contributed by atoms with Gasteiger partial charge in [-0.3, -0.25) is 14.7 Å². The molecule has 0 saturated carbocycles. The fourth-order valence-corrected chi connectivity index (χ4v) is 5.17. The van der Waals surface area contributed by atoms with E-state index in [0.29, 0.717) is 0 Å². The van der Waals surface area contributed by atoms with Gasteiger partial charge in [0.05, 0.1) is 0 Å². The highest BCUT2D eigenvalue weighted by Crippen LogP contribution is 2.38. The molecular formula is C34H24N2O2. The number of nitrogens with one attached hydrogen (secondary N) is 1. The molecule has 6 aromatic rings. The minimum Gasteiger partial charge on any atom is -0.289 e. The zero-order valence-electron chi connectivity index (χ0n) is 20.6. The Morgan fingerprint density at radius 3 is 1.61 bits per heavy atom. The molecule has 4 heteroatoms. The molecular weight excluding hydrogens is 468 g/mol. The predicted octanol–water partition coefficient (Wildman–Crippen LogP) is 7.28. The van der Waals surface area contributed by atoms with Gasteiger partial charge in [-0.1, -0.05) is 109 Å². The molecule has 0 spiro atoms. The van der Waals surface area contributed by atoms with Crippen LogP contribution in [-0.2, 0) is 6.42 Å². The van der Waals surface area contributed by atoms with E-state index in [-0.39, 0.29) is 11.6 Å². The van der Waals surface area contributed by atoms with Gasteiger partial charge in [0, 0.05) is 40.0 Å². The number of nitrogens with zero attached hydrogens (tertiary/aromatic N) is 1. The summed E-state index contributed by atoms with van der Waals surface area (Å²) in [5.41, 5.74) is 7.84. The Morgan fingerprint density at radius 2 is 1.03 bits per heavy atom. The van der Waals surface area contributed by atoms with Crippen LogP contribution in [0, 0.1) is 0 Å². The van der Waals surface area contributed by atoms with Gasteiger partial charge in [0.1, 0.15) is 0 Å². The molecule has 1 aromatic heterocycles. The minimum atomic E-state index is 0.134. The van der Waals surface area contributed by atoms with E-state index in [1.54, 1.807) is 12.4 Å². The Bertz CT molecular complexity index is 1710. The first-order valence-electron chi connectivity index (χ1n) is 12.5. The number of carbonyl (C=O) groups is 2. The third-order valence-corrected chi connectivity index (χ3v) is 6.92. The Labute approximate surface area is 220 Å². The molecule has 0 saturated heterocycles. The number of H-pyrrole nitrogens is 1. The third kappa shape index (κ3) is 4.22. The van der Waals surface area contributed by atoms with Gasteiger partial charge in [-0.05, 0) is 40.1 Å². The van der Waals surface area contributed by atoms with Crippen molar-refractivity contribution in [3.05, 3.63) is 161 Å². The normalized spacial score (nSPS) is 12.2. The van der Waals surface area contributed by atoms with Crippen LogP contribution in [0.1, 0.15) is 43.0 Å². The van der Waals surface area contributed by atoms with Gasteiger partial charge in [-0.2, -0.15) is 5.10 Å². The van der Waals surface area contributed by atoms with Crippen LogP contribution < -0.4 is 0 Å². The van der Waals surface area contributed by atoms with Crippen LogP contribution in [0.5, 0.6) is 0 Å². The quantitative estimate of drug-likeness (QED) is 0.242. The van der Waals surface area contributed by atoms with Crippen LogP contribution in [-0.4, -0.2) is 21.8 Å². The third-order valence-electron chi connectivity index (χ3n) is 6.92. The lowest BCUT2D eigenvalue weighted by atomic mass is 9.83. The first kappa shape index (κ1) is 23.3. The van der Waals surface area contributed by atoms with E-state index in [2.05, 4.69) is 28.4 Å². The number of carbonyl (C=O) groups excluding carboxylic acids is 2. The molecule has 2 aliphatic carbocycles. The summed E-state index contributed by atoms with van der Waals surface area (Å²) >= 11 is 0. The largest absolute Gasteiger partial charge is 0.289 e. The van der Waals surface area contributed by atoms with E-state index in [4.69, 9.17) is 0 Å². The van der Waals surface area contributed by atoms with Crippen LogP contribution in [0.25, 0.3) is 21.9 Å². The molecule has 0 unspecified atom stereocenters. The zero-order chi connectivity index (χ0) is 25.9. The second-order valence-electron chi connectivity index (χ2n) is 9.17. The van der Waals surface area contributed by atoms with Crippen molar-refractivity contribution in [2.24, 2.45) is 0 Å². The number of hydrogen-bond acceptors (Lipinski definition) is 3. The Balaban J connectivity index is 0.000000119. The van der Waals surface area contributed by atoms with Crippen molar-refractivity contribution in [3.8, 4) is 11.1 Å². The highest BCUT2D eigenvalue weighted by molar-refractivity contribution is 6.25. The molecule has 0 bridgehead atoms. The minimum absolute atomic E-state index is 0.134. The molecule has 0 atom stereocenters. The lowest BCUT2D eigenvalue weighted by molar-refractivity contribution is 0.102. The summed E-state index contributed by atoms with van der Waals surface area (Å²) in [4.78, 5) is 24.6. The number of aromatic amines is 1. The van der Waals surface area contributed by atoms with Crippen molar-refractivity contribution < 1.29 is 9.59 Å². The molecule has 4 nitrogen and oxygen atoms in total. The lowest BCUT2D eigenvalue weighted by Gasteiger charge is -2.19. The fourth-order valence-electron chi connectivity index (χ4n) is 5.17. The average molecular weight is 493 g/mol.